The molecule has 0 unspecified atom stereocenters. The van der Waals surface area contributed by atoms with Gasteiger partial charge in [0, 0.05) is 0 Å². The summed E-state index contributed by atoms with van der Waals surface area (Å²) in [6.07, 6.45) is 3.28. The van der Waals surface area contributed by atoms with Gasteiger partial charge in [-0.3, -0.25) is 0 Å². The van der Waals surface area contributed by atoms with Gasteiger partial charge in [-0.2, -0.15) is 5.10 Å². The van der Waals surface area contributed by atoms with Crippen LogP contribution in [0.1, 0.15) is 21.6 Å². The predicted octanol–water partition coefficient (Wildman–Crippen LogP) is 2.10. The van der Waals surface area contributed by atoms with E-state index in [0.717, 1.165) is 11.3 Å². The van der Waals surface area contributed by atoms with Gasteiger partial charge in [0.05, 0.1) is 35.8 Å². The van der Waals surface area contributed by atoms with Crippen LogP contribution in [-0.4, -0.2) is 29.0 Å². The molecule has 0 amide bonds. The van der Waals surface area contributed by atoms with Crippen LogP contribution in [0.15, 0.2) is 29.5 Å². The van der Waals surface area contributed by atoms with E-state index < -0.39 is 5.97 Å². The zero-order valence-electron chi connectivity index (χ0n) is 11.0. The minimum Gasteiger partial charge on any atom is -0.465 e. The quantitative estimate of drug-likeness (QED) is 0.693. The van der Waals surface area contributed by atoms with Gasteiger partial charge in [0.25, 0.3) is 0 Å². The summed E-state index contributed by atoms with van der Waals surface area (Å²) in [7, 11) is 1.30. The Labute approximate surface area is 120 Å². The number of nitrogen functional groups attached to an aromatic ring is 1. The van der Waals surface area contributed by atoms with E-state index in [1.807, 2.05) is 6.92 Å². The number of nitrogens with two attached hydrogens (primary N) is 1. The van der Waals surface area contributed by atoms with Gasteiger partial charge in [0.2, 0.25) is 5.95 Å². The van der Waals surface area contributed by atoms with Crippen LogP contribution in [0, 0.1) is 6.92 Å². The monoisotopic (exact) mass is 292 g/mol. The van der Waals surface area contributed by atoms with Gasteiger partial charge in [-0.1, -0.05) is 17.7 Å². The van der Waals surface area contributed by atoms with E-state index >= 15 is 0 Å². The highest BCUT2D eigenvalue weighted by Gasteiger charge is 2.10. The number of esters is 1. The van der Waals surface area contributed by atoms with Gasteiger partial charge in [0.15, 0.2) is 0 Å². The fourth-order valence-corrected chi connectivity index (χ4v) is 1.88. The lowest BCUT2D eigenvalue weighted by molar-refractivity contribution is 0.0601. The average molecular weight is 293 g/mol. The molecule has 2 rings (SSSR count). The molecule has 0 saturated heterocycles. The zero-order chi connectivity index (χ0) is 14.7. The molecule has 0 atom stereocenters. The van der Waals surface area contributed by atoms with Crippen molar-refractivity contribution in [1.82, 2.24) is 9.66 Å². The van der Waals surface area contributed by atoms with Crippen molar-refractivity contribution in [2.75, 3.05) is 12.8 Å². The molecular formula is C13H13ClN4O2. The van der Waals surface area contributed by atoms with Crippen LogP contribution < -0.4 is 5.73 Å². The minimum atomic E-state index is -0.479. The third-order valence-corrected chi connectivity index (χ3v) is 2.88. The molecule has 6 nitrogen and oxygen atoms in total. The van der Waals surface area contributed by atoms with E-state index in [0.29, 0.717) is 16.5 Å². The smallest absolute Gasteiger partial charge is 0.339 e. The Balaban J connectivity index is 2.24. The second-order valence-corrected chi connectivity index (χ2v) is 4.47. The molecular weight excluding hydrogens is 280 g/mol. The van der Waals surface area contributed by atoms with E-state index in [-0.39, 0.29) is 0 Å². The van der Waals surface area contributed by atoms with Gasteiger partial charge >= 0.3 is 5.97 Å². The molecule has 1 aromatic heterocycles. The molecule has 2 aromatic rings. The number of benzene rings is 1. The van der Waals surface area contributed by atoms with Gasteiger partial charge in [-0.15, -0.1) is 0 Å². The number of aryl methyl sites for hydroxylation is 1. The maximum Gasteiger partial charge on any atom is 0.339 e. The topological polar surface area (TPSA) is 82.5 Å². The molecule has 1 aromatic carbocycles. The molecule has 104 valence electrons. The van der Waals surface area contributed by atoms with Crippen LogP contribution >= 0.6 is 11.6 Å². The number of methoxy groups -OCH3 is 1. The third-order valence-electron chi connectivity index (χ3n) is 2.56. The fraction of sp³-hybridized carbons (Fsp3) is 0.154. The van der Waals surface area contributed by atoms with E-state index in [1.54, 1.807) is 30.6 Å². The number of carbonyl (C=O) groups excluding carboxylic acids is 1. The summed E-state index contributed by atoms with van der Waals surface area (Å²) in [6, 6.07) is 4.91. The molecule has 7 heteroatoms. The van der Waals surface area contributed by atoms with E-state index in [2.05, 4.69) is 14.8 Å². The number of hydrogen-bond acceptors (Lipinski definition) is 5. The number of halogens is 1. The highest BCUT2D eigenvalue weighted by atomic mass is 35.5. The molecule has 2 N–H and O–H groups in total. The summed E-state index contributed by atoms with van der Waals surface area (Å²) in [4.78, 5) is 15.4. The Morgan fingerprint density at radius 3 is 2.85 bits per heavy atom. The van der Waals surface area contributed by atoms with Crippen molar-refractivity contribution in [3.8, 4) is 0 Å². The number of anilines is 1. The van der Waals surface area contributed by atoms with Gasteiger partial charge in [-0.05, 0) is 24.6 Å². The van der Waals surface area contributed by atoms with E-state index in [9.17, 15) is 4.79 Å². The number of imidazole rings is 1. The maximum absolute atomic E-state index is 11.4. The summed E-state index contributed by atoms with van der Waals surface area (Å²) in [6.45, 7) is 1.82. The molecule has 0 aliphatic rings. The molecule has 0 aliphatic carbocycles. The highest BCUT2D eigenvalue weighted by molar-refractivity contribution is 6.33. The zero-order valence-corrected chi connectivity index (χ0v) is 11.8. The average Bonchev–Trinajstić information content (AvgIpc) is 2.74. The second-order valence-electron chi connectivity index (χ2n) is 4.06. The number of nitrogens with zero attached hydrogens (tertiary/aromatic N) is 3. The van der Waals surface area contributed by atoms with Crippen molar-refractivity contribution in [1.29, 1.82) is 0 Å². The lowest BCUT2D eigenvalue weighted by atomic mass is 10.1. The number of hydrogen-bond donors (Lipinski definition) is 1. The molecule has 20 heavy (non-hydrogen) atoms. The Morgan fingerprint density at radius 1 is 1.55 bits per heavy atom. The molecule has 0 fully saturated rings. The van der Waals surface area contributed by atoms with Crippen molar-refractivity contribution in [2.45, 2.75) is 6.92 Å². The van der Waals surface area contributed by atoms with Crippen molar-refractivity contribution in [3.05, 3.63) is 46.2 Å². The molecule has 0 spiro atoms. The molecule has 0 bridgehead atoms. The summed E-state index contributed by atoms with van der Waals surface area (Å²) in [5, 5.41) is 4.46. The van der Waals surface area contributed by atoms with Crippen LogP contribution in [-0.2, 0) is 4.74 Å². The summed E-state index contributed by atoms with van der Waals surface area (Å²) < 4.78 is 6.07. The standard InChI is InChI=1S/C13H13ClN4O2/c1-8-7-18(13(15)17-8)16-6-9-3-4-10(11(14)5-9)12(19)20-2/h3-7H,1-2H3,(H2,15,17). The van der Waals surface area contributed by atoms with Crippen molar-refractivity contribution >= 4 is 29.7 Å². The lowest BCUT2D eigenvalue weighted by Gasteiger charge is -2.02. The van der Waals surface area contributed by atoms with Crippen LogP contribution in [0.5, 0.6) is 0 Å². The van der Waals surface area contributed by atoms with Crippen LogP contribution in [0.4, 0.5) is 5.95 Å². The van der Waals surface area contributed by atoms with Crippen LogP contribution in [0.3, 0.4) is 0 Å². The maximum atomic E-state index is 11.4. The largest absolute Gasteiger partial charge is 0.465 e. The Bertz CT molecular complexity index is 679. The Kier molecular flexibility index (Phi) is 4.05. The van der Waals surface area contributed by atoms with E-state index in [4.69, 9.17) is 17.3 Å². The van der Waals surface area contributed by atoms with E-state index in [1.165, 1.54) is 11.8 Å². The molecule has 1 heterocycles. The first-order valence-corrected chi connectivity index (χ1v) is 6.12. The van der Waals surface area contributed by atoms with Crippen LogP contribution in [0.2, 0.25) is 5.02 Å². The van der Waals surface area contributed by atoms with Gasteiger partial charge in [-0.25, -0.2) is 14.5 Å². The minimum absolute atomic E-state index is 0.301. The molecule has 0 aliphatic heterocycles. The van der Waals surface area contributed by atoms with Crippen molar-refractivity contribution < 1.29 is 9.53 Å². The summed E-state index contributed by atoms with van der Waals surface area (Å²) in [5.41, 5.74) is 7.48. The fourth-order valence-electron chi connectivity index (χ4n) is 1.61. The lowest BCUT2D eigenvalue weighted by Crippen LogP contribution is -2.02. The van der Waals surface area contributed by atoms with Gasteiger partial charge < -0.3 is 10.5 Å². The first-order chi connectivity index (χ1) is 9.51. The third kappa shape index (κ3) is 2.97. The first kappa shape index (κ1) is 14.1. The number of rotatable bonds is 3. The predicted molar refractivity (Wildman–Crippen MR) is 77.2 cm³/mol. The Hall–Kier alpha value is -2.34. The second kappa shape index (κ2) is 5.75. The molecule has 0 saturated carbocycles. The van der Waals surface area contributed by atoms with Crippen molar-refractivity contribution in [2.24, 2.45) is 5.10 Å². The SMILES string of the molecule is COC(=O)c1ccc(C=Nn2cc(C)nc2N)cc1Cl. The number of ether oxygens (including phenoxy) is 1. The summed E-state index contributed by atoms with van der Waals surface area (Å²) >= 11 is 6.01. The first-order valence-electron chi connectivity index (χ1n) is 5.75. The van der Waals surface area contributed by atoms with Gasteiger partial charge in [0.1, 0.15) is 0 Å². The normalized spacial score (nSPS) is 10.9. The number of aromatic nitrogens is 2. The highest BCUT2D eigenvalue weighted by Crippen LogP contribution is 2.18. The van der Waals surface area contributed by atoms with Crippen molar-refractivity contribution in [3.63, 3.8) is 0 Å². The number of carbonyl (C=O) groups is 1. The summed E-state index contributed by atoms with van der Waals surface area (Å²) in [5.74, 6) is -0.177. The molecule has 0 radical (unpaired) electrons. The Morgan fingerprint density at radius 2 is 2.30 bits per heavy atom. The van der Waals surface area contributed by atoms with Crippen LogP contribution in [0.25, 0.3) is 0 Å².